The quantitative estimate of drug-likeness (QED) is 0.629. The zero-order valence-electron chi connectivity index (χ0n) is 12.7. The molecule has 1 aliphatic rings. The molecule has 5 heteroatoms. The van der Waals surface area contributed by atoms with E-state index in [1.54, 1.807) is 6.92 Å². The van der Waals surface area contributed by atoms with Gasteiger partial charge < -0.3 is 15.7 Å². The first-order valence-electron chi connectivity index (χ1n) is 7.71. The van der Waals surface area contributed by atoms with Crippen LogP contribution in [0, 0.1) is 5.92 Å². The predicted octanol–water partition coefficient (Wildman–Crippen LogP) is 1.35. The molecule has 1 rings (SSSR count). The number of aliphatic hydroxyl groups is 1. The first kappa shape index (κ1) is 17.0. The summed E-state index contributed by atoms with van der Waals surface area (Å²) in [6.45, 7) is 4.35. The molecule has 0 spiro atoms. The number of nitrogens with one attached hydrogen (secondary N) is 2. The van der Waals surface area contributed by atoms with E-state index in [9.17, 15) is 14.7 Å². The minimum Gasteiger partial charge on any atom is -0.388 e. The number of carbonyl (C=O) groups excluding carboxylic acids is 2. The smallest absolute Gasteiger partial charge is 0.223 e. The molecule has 1 aliphatic carbocycles. The van der Waals surface area contributed by atoms with Crippen LogP contribution in [0.4, 0.5) is 0 Å². The summed E-state index contributed by atoms with van der Waals surface area (Å²) in [5.74, 6) is 0.0877. The molecule has 0 saturated heterocycles. The first-order valence-corrected chi connectivity index (χ1v) is 7.71. The highest BCUT2D eigenvalue weighted by Crippen LogP contribution is 2.24. The van der Waals surface area contributed by atoms with Crippen molar-refractivity contribution in [3.63, 3.8) is 0 Å². The lowest BCUT2D eigenvalue weighted by Crippen LogP contribution is -2.41. The molecular formula is C15H28N2O3. The number of rotatable bonds is 8. The molecule has 1 fully saturated rings. The summed E-state index contributed by atoms with van der Waals surface area (Å²) < 4.78 is 0. The van der Waals surface area contributed by atoms with Gasteiger partial charge in [0.15, 0.2) is 0 Å². The minimum absolute atomic E-state index is 0.0771. The Morgan fingerprint density at radius 1 is 1.25 bits per heavy atom. The lowest BCUT2D eigenvalue weighted by atomic mass is 10.0. The Morgan fingerprint density at radius 2 is 1.90 bits per heavy atom. The fourth-order valence-electron chi connectivity index (χ4n) is 2.64. The monoisotopic (exact) mass is 284 g/mol. The van der Waals surface area contributed by atoms with Crippen molar-refractivity contribution in [2.45, 2.75) is 64.4 Å². The van der Waals surface area contributed by atoms with Crippen LogP contribution in [-0.2, 0) is 9.59 Å². The molecular weight excluding hydrogens is 256 g/mol. The van der Waals surface area contributed by atoms with Crippen LogP contribution in [0.3, 0.4) is 0 Å². The fraction of sp³-hybridized carbons (Fsp3) is 0.867. The average Bonchev–Trinajstić information content (AvgIpc) is 2.90. The maximum atomic E-state index is 11.7. The van der Waals surface area contributed by atoms with Crippen LogP contribution in [0.1, 0.15) is 58.8 Å². The summed E-state index contributed by atoms with van der Waals surface area (Å²) in [5, 5.41) is 15.5. The van der Waals surface area contributed by atoms with Crippen molar-refractivity contribution < 1.29 is 14.7 Å². The van der Waals surface area contributed by atoms with E-state index in [2.05, 4.69) is 10.6 Å². The molecule has 0 radical (unpaired) electrons. The van der Waals surface area contributed by atoms with Crippen LogP contribution < -0.4 is 10.6 Å². The van der Waals surface area contributed by atoms with Crippen molar-refractivity contribution in [2.75, 3.05) is 13.1 Å². The van der Waals surface area contributed by atoms with Crippen molar-refractivity contribution in [2.24, 2.45) is 5.92 Å². The SMILES string of the molecule is CCCC(C)(O)CNC(=O)CCNC(=O)C1CCCC1. The van der Waals surface area contributed by atoms with E-state index in [1.165, 1.54) is 0 Å². The number of amides is 2. The van der Waals surface area contributed by atoms with Crippen molar-refractivity contribution in [1.82, 2.24) is 10.6 Å². The van der Waals surface area contributed by atoms with Gasteiger partial charge >= 0.3 is 0 Å². The zero-order chi connectivity index (χ0) is 15.0. The largest absolute Gasteiger partial charge is 0.388 e. The second-order valence-electron chi connectivity index (χ2n) is 6.05. The Bertz CT molecular complexity index is 323. The Labute approximate surface area is 121 Å². The standard InChI is InChI=1S/C15H28N2O3/c1-3-9-15(2,20)11-17-13(18)8-10-16-14(19)12-6-4-5-7-12/h12,20H,3-11H2,1-2H3,(H,16,19)(H,17,18). The second-order valence-corrected chi connectivity index (χ2v) is 6.05. The molecule has 116 valence electrons. The molecule has 1 atom stereocenters. The van der Waals surface area contributed by atoms with Gasteiger partial charge in [0.2, 0.25) is 11.8 Å². The molecule has 1 saturated carbocycles. The van der Waals surface area contributed by atoms with Crippen molar-refractivity contribution in [3.05, 3.63) is 0 Å². The summed E-state index contributed by atoms with van der Waals surface area (Å²) in [7, 11) is 0. The average molecular weight is 284 g/mol. The third-order valence-electron chi connectivity index (χ3n) is 3.83. The van der Waals surface area contributed by atoms with Gasteiger partial charge in [-0.25, -0.2) is 0 Å². The van der Waals surface area contributed by atoms with Crippen molar-refractivity contribution in [3.8, 4) is 0 Å². The number of hydrogen-bond acceptors (Lipinski definition) is 3. The summed E-state index contributed by atoms with van der Waals surface area (Å²) in [5.41, 5.74) is -0.850. The third kappa shape index (κ3) is 6.37. The van der Waals surface area contributed by atoms with Gasteiger partial charge in [0, 0.05) is 25.4 Å². The zero-order valence-corrected chi connectivity index (χ0v) is 12.7. The molecule has 1 unspecified atom stereocenters. The maximum Gasteiger partial charge on any atom is 0.223 e. The summed E-state index contributed by atoms with van der Waals surface area (Å²) in [6, 6.07) is 0. The van der Waals surface area contributed by atoms with Gasteiger partial charge in [-0.3, -0.25) is 9.59 Å². The Hall–Kier alpha value is -1.10. The Kier molecular flexibility index (Phi) is 6.99. The maximum absolute atomic E-state index is 11.7. The molecule has 0 aromatic rings. The molecule has 0 aromatic carbocycles. The van der Waals surface area contributed by atoms with Crippen LogP contribution in [0.5, 0.6) is 0 Å². The first-order chi connectivity index (χ1) is 9.44. The summed E-state index contributed by atoms with van der Waals surface area (Å²) in [6.07, 6.45) is 6.00. The summed E-state index contributed by atoms with van der Waals surface area (Å²) >= 11 is 0. The van der Waals surface area contributed by atoms with Crippen molar-refractivity contribution in [1.29, 1.82) is 0 Å². The minimum atomic E-state index is -0.850. The second kappa shape index (κ2) is 8.25. The van der Waals surface area contributed by atoms with Crippen molar-refractivity contribution >= 4 is 11.8 Å². The summed E-state index contributed by atoms with van der Waals surface area (Å²) in [4.78, 5) is 23.4. The third-order valence-corrected chi connectivity index (χ3v) is 3.83. The van der Waals surface area contributed by atoms with Crippen LogP contribution >= 0.6 is 0 Å². The lowest BCUT2D eigenvalue weighted by Gasteiger charge is -2.22. The Morgan fingerprint density at radius 3 is 2.50 bits per heavy atom. The molecule has 0 bridgehead atoms. The van der Waals surface area contributed by atoms with E-state index >= 15 is 0 Å². The highest BCUT2D eigenvalue weighted by atomic mass is 16.3. The van der Waals surface area contributed by atoms with Gasteiger partial charge in [0.05, 0.1) is 5.60 Å². The van der Waals surface area contributed by atoms with Crippen LogP contribution in [0.15, 0.2) is 0 Å². The van der Waals surface area contributed by atoms with E-state index in [4.69, 9.17) is 0 Å². The highest BCUT2D eigenvalue weighted by Gasteiger charge is 2.22. The molecule has 0 heterocycles. The van der Waals surface area contributed by atoms with E-state index in [0.29, 0.717) is 13.0 Å². The van der Waals surface area contributed by atoms with Crippen LogP contribution in [0.2, 0.25) is 0 Å². The molecule has 0 aliphatic heterocycles. The van der Waals surface area contributed by atoms with Gasteiger partial charge in [-0.2, -0.15) is 0 Å². The van der Waals surface area contributed by atoms with Crippen LogP contribution in [-0.4, -0.2) is 35.6 Å². The number of hydrogen-bond donors (Lipinski definition) is 3. The van der Waals surface area contributed by atoms with Gasteiger partial charge in [-0.05, 0) is 26.2 Å². The van der Waals surface area contributed by atoms with Gasteiger partial charge in [-0.15, -0.1) is 0 Å². The van der Waals surface area contributed by atoms with E-state index in [-0.39, 0.29) is 30.7 Å². The fourth-order valence-corrected chi connectivity index (χ4v) is 2.64. The number of carbonyl (C=O) groups is 2. The topological polar surface area (TPSA) is 78.4 Å². The van der Waals surface area contributed by atoms with Gasteiger partial charge in [-0.1, -0.05) is 26.2 Å². The molecule has 2 amide bonds. The van der Waals surface area contributed by atoms with Gasteiger partial charge in [0.25, 0.3) is 0 Å². The normalized spacial score (nSPS) is 18.6. The Balaban J connectivity index is 2.12. The molecule has 0 aromatic heterocycles. The molecule has 20 heavy (non-hydrogen) atoms. The molecule has 5 nitrogen and oxygen atoms in total. The van der Waals surface area contributed by atoms with E-state index < -0.39 is 5.60 Å². The predicted molar refractivity (Wildman–Crippen MR) is 78.1 cm³/mol. The highest BCUT2D eigenvalue weighted by molar-refractivity contribution is 5.80. The van der Waals surface area contributed by atoms with Gasteiger partial charge in [0.1, 0.15) is 0 Å². The lowest BCUT2D eigenvalue weighted by molar-refractivity contribution is -0.125. The van der Waals surface area contributed by atoms with Crippen LogP contribution in [0.25, 0.3) is 0 Å². The van der Waals surface area contributed by atoms with E-state index in [1.807, 2.05) is 6.92 Å². The molecule has 3 N–H and O–H groups in total. The van der Waals surface area contributed by atoms with E-state index in [0.717, 1.165) is 32.1 Å².